The third-order valence-electron chi connectivity index (χ3n) is 6.39. The summed E-state index contributed by atoms with van der Waals surface area (Å²) in [6.45, 7) is 9.94. The van der Waals surface area contributed by atoms with Gasteiger partial charge >= 0.3 is 0 Å². The number of anilines is 1. The molecule has 2 aromatic carbocycles. The van der Waals surface area contributed by atoms with Crippen LogP contribution in [-0.2, 0) is 0 Å². The second kappa shape index (κ2) is 10.3. The van der Waals surface area contributed by atoms with E-state index in [2.05, 4.69) is 20.4 Å². The van der Waals surface area contributed by atoms with Gasteiger partial charge in [-0.15, -0.1) is 10.2 Å². The van der Waals surface area contributed by atoms with Gasteiger partial charge in [-0.1, -0.05) is 13.8 Å². The summed E-state index contributed by atoms with van der Waals surface area (Å²) in [5, 5.41) is 31.6. The van der Waals surface area contributed by atoms with E-state index in [-0.39, 0.29) is 40.7 Å². The van der Waals surface area contributed by atoms with Crippen LogP contribution in [0.4, 0.5) is 14.5 Å². The number of aromatic nitrogens is 3. The van der Waals surface area contributed by atoms with E-state index in [1.165, 1.54) is 18.2 Å². The van der Waals surface area contributed by atoms with Crippen molar-refractivity contribution < 1.29 is 23.8 Å². The second-order valence-electron chi connectivity index (χ2n) is 9.94. The Hall–Kier alpha value is -3.73. The first-order chi connectivity index (χ1) is 17.5. The fourth-order valence-electron chi connectivity index (χ4n) is 4.39. The van der Waals surface area contributed by atoms with E-state index in [1.807, 2.05) is 25.8 Å². The Labute approximate surface area is 214 Å². The number of piperazine rings is 1. The molecule has 3 N–H and O–H groups in total. The van der Waals surface area contributed by atoms with Crippen LogP contribution in [0, 0.1) is 11.6 Å². The zero-order valence-corrected chi connectivity index (χ0v) is 21.6. The number of hydrogen-bond donors (Lipinski definition) is 3. The molecule has 3 aromatic rings. The minimum Gasteiger partial charge on any atom is -0.508 e. The van der Waals surface area contributed by atoms with Crippen LogP contribution in [0.2, 0.25) is 0 Å². The number of nitrogens with one attached hydrogen (secondary N) is 1. The van der Waals surface area contributed by atoms with Gasteiger partial charge in [-0.3, -0.25) is 9.36 Å². The molecule has 0 aliphatic carbocycles. The van der Waals surface area contributed by atoms with Gasteiger partial charge < -0.3 is 25.3 Å². The summed E-state index contributed by atoms with van der Waals surface area (Å²) in [5.41, 5.74) is 0.413. The number of nitrogens with zero attached hydrogens (tertiary/aromatic N) is 5. The highest BCUT2D eigenvalue weighted by Gasteiger charge is 2.29. The van der Waals surface area contributed by atoms with Gasteiger partial charge in [-0.2, -0.15) is 0 Å². The van der Waals surface area contributed by atoms with Crippen molar-refractivity contribution in [2.75, 3.05) is 38.1 Å². The van der Waals surface area contributed by atoms with Gasteiger partial charge in [0, 0.05) is 44.0 Å². The quantitative estimate of drug-likeness (QED) is 0.461. The first-order valence-corrected chi connectivity index (χ1v) is 12.2. The number of aromatic hydroxyl groups is 2. The zero-order chi connectivity index (χ0) is 27.0. The summed E-state index contributed by atoms with van der Waals surface area (Å²) in [4.78, 5) is 17.0. The molecular weight excluding hydrogens is 482 g/mol. The SMILES string of the molecule is CC(C)NC(=O)c1nnc(-c2cc(C(C)C)c(O)cc2O)n1-c1c(F)cc(N2CCN(C)CC2)cc1F. The summed E-state index contributed by atoms with van der Waals surface area (Å²) < 4.78 is 32.4. The molecule has 0 atom stereocenters. The van der Waals surface area contributed by atoms with Crippen molar-refractivity contribution in [3.8, 4) is 28.6 Å². The molecule has 0 unspecified atom stereocenters. The highest BCUT2D eigenvalue weighted by molar-refractivity contribution is 5.92. The van der Waals surface area contributed by atoms with E-state index in [4.69, 9.17) is 0 Å². The first-order valence-electron chi connectivity index (χ1n) is 12.2. The van der Waals surface area contributed by atoms with Gasteiger partial charge in [-0.05, 0) is 50.6 Å². The van der Waals surface area contributed by atoms with Crippen molar-refractivity contribution >= 4 is 11.6 Å². The number of phenols is 2. The molecule has 0 radical (unpaired) electrons. The second-order valence-corrected chi connectivity index (χ2v) is 9.94. The van der Waals surface area contributed by atoms with Gasteiger partial charge in [0.25, 0.3) is 5.91 Å². The number of rotatable bonds is 6. The summed E-state index contributed by atoms with van der Waals surface area (Å²) in [6, 6.07) is 4.81. The molecule has 9 nitrogen and oxygen atoms in total. The van der Waals surface area contributed by atoms with Crippen molar-refractivity contribution in [3.63, 3.8) is 0 Å². The molecule has 1 saturated heterocycles. The predicted octanol–water partition coefficient (Wildman–Crippen LogP) is 3.64. The minimum atomic E-state index is -0.907. The van der Waals surface area contributed by atoms with Gasteiger partial charge in [0.2, 0.25) is 5.82 Å². The molecule has 2 heterocycles. The van der Waals surface area contributed by atoms with E-state index in [1.54, 1.807) is 13.8 Å². The van der Waals surface area contributed by atoms with Gasteiger partial charge in [0.05, 0.1) is 5.56 Å². The summed E-state index contributed by atoms with van der Waals surface area (Å²) in [7, 11) is 1.99. The Bertz CT molecular complexity index is 1290. The minimum absolute atomic E-state index is 0.0690. The Morgan fingerprint density at radius 2 is 1.57 bits per heavy atom. The normalized spacial score (nSPS) is 14.6. The molecule has 0 spiro atoms. The highest BCUT2D eigenvalue weighted by Crippen LogP contribution is 2.39. The summed E-state index contributed by atoms with van der Waals surface area (Å²) in [5.74, 6) is -3.61. The average molecular weight is 515 g/mol. The molecule has 198 valence electrons. The van der Waals surface area contributed by atoms with Crippen LogP contribution in [-0.4, -0.2) is 75.1 Å². The van der Waals surface area contributed by atoms with Crippen molar-refractivity contribution in [2.24, 2.45) is 0 Å². The van der Waals surface area contributed by atoms with E-state index < -0.39 is 23.2 Å². The van der Waals surface area contributed by atoms with Gasteiger partial charge in [0.1, 0.15) is 17.2 Å². The highest BCUT2D eigenvalue weighted by atomic mass is 19.1. The monoisotopic (exact) mass is 514 g/mol. The predicted molar refractivity (Wildman–Crippen MR) is 136 cm³/mol. The van der Waals surface area contributed by atoms with Crippen LogP contribution in [0.15, 0.2) is 24.3 Å². The van der Waals surface area contributed by atoms with Crippen LogP contribution < -0.4 is 10.2 Å². The lowest BCUT2D eigenvalue weighted by atomic mass is 9.98. The maximum absolute atomic E-state index is 15.7. The molecular formula is C26H32F2N6O3. The van der Waals surface area contributed by atoms with E-state index in [9.17, 15) is 15.0 Å². The van der Waals surface area contributed by atoms with Gasteiger partial charge in [0.15, 0.2) is 17.5 Å². The van der Waals surface area contributed by atoms with Crippen molar-refractivity contribution in [2.45, 2.75) is 39.7 Å². The Kier molecular flexibility index (Phi) is 7.35. The standard InChI is InChI=1S/C26H32F2N6O3/c1-14(2)17-12-18(22(36)13-21(17)35)24-30-31-25(26(37)29-15(3)4)34(24)23-19(27)10-16(11-20(23)28)33-8-6-32(5)7-9-33/h10-15,35-36H,6-9H2,1-5H3,(H,29,37). The fourth-order valence-corrected chi connectivity index (χ4v) is 4.39. The smallest absolute Gasteiger partial charge is 0.289 e. The van der Waals surface area contributed by atoms with Crippen molar-refractivity contribution in [1.29, 1.82) is 0 Å². The molecule has 11 heteroatoms. The van der Waals surface area contributed by atoms with Crippen LogP contribution in [0.5, 0.6) is 11.5 Å². The lowest BCUT2D eigenvalue weighted by Crippen LogP contribution is -2.44. The van der Waals surface area contributed by atoms with Crippen molar-refractivity contribution in [3.05, 3.63) is 47.3 Å². The van der Waals surface area contributed by atoms with E-state index >= 15 is 8.78 Å². The van der Waals surface area contributed by atoms with Crippen molar-refractivity contribution in [1.82, 2.24) is 25.0 Å². The number of carbonyl (C=O) groups is 1. The summed E-state index contributed by atoms with van der Waals surface area (Å²) in [6.07, 6.45) is 0. The van der Waals surface area contributed by atoms with E-state index in [0.717, 1.165) is 23.7 Å². The van der Waals surface area contributed by atoms with Crippen LogP contribution in [0.25, 0.3) is 17.1 Å². The first kappa shape index (κ1) is 26.3. The largest absolute Gasteiger partial charge is 0.508 e. The fraction of sp³-hybridized carbons (Fsp3) is 0.423. The topological polar surface area (TPSA) is 107 Å². The lowest BCUT2D eigenvalue weighted by molar-refractivity contribution is 0.0930. The number of hydrogen-bond acceptors (Lipinski definition) is 7. The molecule has 4 rings (SSSR count). The third-order valence-corrected chi connectivity index (χ3v) is 6.39. The number of halogens is 2. The number of amides is 1. The number of benzene rings is 2. The summed E-state index contributed by atoms with van der Waals surface area (Å²) >= 11 is 0. The molecule has 1 fully saturated rings. The molecule has 0 bridgehead atoms. The molecule has 0 saturated carbocycles. The molecule has 1 aliphatic heterocycles. The third kappa shape index (κ3) is 5.22. The molecule has 1 aromatic heterocycles. The Morgan fingerprint density at radius 3 is 2.14 bits per heavy atom. The van der Waals surface area contributed by atoms with E-state index in [0.29, 0.717) is 24.3 Å². The maximum Gasteiger partial charge on any atom is 0.289 e. The molecule has 1 amide bonds. The lowest BCUT2D eigenvalue weighted by Gasteiger charge is -2.34. The molecule has 37 heavy (non-hydrogen) atoms. The Balaban J connectivity index is 1.91. The van der Waals surface area contributed by atoms with Crippen LogP contribution in [0.3, 0.4) is 0 Å². The van der Waals surface area contributed by atoms with Crippen LogP contribution in [0.1, 0.15) is 49.8 Å². The average Bonchev–Trinajstić information content (AvgIpc) is 3.23. The number of likely N-dealkylation sites (N-methyl/N-ethyl adjacent to an activating group) is 1. The molecule has 1 aliphatic rings. The number of phenolic OH excluding ortho intramolecular Hbond substituents is 2. The van der Waals surface area contributed by atoms with Gasteiger partial charge in [-0.25, -0.2) is 8.78 Å². The maximum atomic E-state index is 15.7. The van der Waals surface area contributed by atoms with Crippen LogP contribution >= 0.6 is 0 Å². The zero-order valence-electron chi connectivity index (χ0n) is 21.6. The Morgan fingerprint density at radius 1 is 0.946 bits per heavy atom. The number of carbonyl (C=O) groups excluding carboxylic acids is 1.